The van der Waals surface area contributed by atoms with Crippen LogP contribution in [0, 0.1) is 11.3 Å². The maximum atomic E-state index is 12.8. The molecular formula is C21H27ClN4O4. The summed E-state index contributed by atoms with van der Waals surface area (Å²) in [5.74, 6) is -0.859. The molecular weight excluding hydrogens is 408 g/mol. The topological polar surface area (TPSA) is 138 Å². The SMILES string of the molecule is CC1C=CC(C[C@]2([C@@H](O)C(=O)Nc3ccc(C(=N)N)cc3)CNCCO2)=CC1=O.Cl. The monoisotopic (exact) mass is 434 g/mol. The Morgan fingerprint density at radius 3 is 2.70 bits per heavy atom. The molecule has 1 aliphatic heterocycles. The lowest BCUT2D eigenvalue weighted by Gasteiger charge is -2.41. The number of halogens is 1. The number of hydrogen-bond donors (Lipinski definition) is 5. The largest absolute Gasteiger partial charge is 0.384 e. The van der Waals surface area contributed by atoms with Crippen LogP contribution in [0.4, 0.5) is 5.69 Å². The summed E-state index contributed by atoms with van der Waals surface area (Å²) in [7, 11) is 0. The number of ketones is 1. The van der Waals surface area contributed by atoms with Gasteiger partial charge in [0, 0.05) is 36.7 Å². The number of carbonyl (C=O) groups excluding carboxylic acids is 2. The third-order valence-corrected chi connectivity index (χ3v) is 5.18. The van der Waals surface area contributed by atoms with Crippen molar-refractivity contribution in [1.82, 2.24) is 5.32 Å². The number of nitrogens with one attached hydrogen (secondary N) is 3. The Kier molecular flexibility index (Phi) is 7.91. The van der Waals surface area contributed by atoms with Crippen LogP contribution in [0.3, 0.4) is 0 Å². The van der Waals surface area contributed by atoms with E-state index in [0.29, 0.717) is 24.4 Å². The van der Waals surface area contributed by atoms with Crippen molar-refractivity contribution in [1.29, 1.82) is 5.41 Å². The summed E-state index contributed by atoms with van der Waals surface area (Å²) in [6.07, 6.45) is 3.98. The van der Waals surface area contributed by atoms with Crippen LogP contribution in [0.5, 0.6) is 0 Å². The third-order valence-electron chi connectivity index (χ3n) is 5.18. The summed E-state index contributed by atoms with van der Waals surface area (Å²) in [6, 6.07) is 6.45. The van der Waals surface area contributed by atoms with E-state index in [4.69, 9.17) is 15.9 Å². The average molecular weight is 435 g/mol. The van der Waals surface area contributed by atoms with E-state index in [1.807, 2.05) is 19.1 Å². The number of aliphatic hydroxyl groups excluding tert-OH is 1. The maximum absolute atomic E-state index is 12.8. The van der Waals surface area contributed by atoms with Gasteiger partial charge in [-0.1, -0.05) is 19.1 Å². The summed E-state index contributed by atoms with van der Waals surface area (Å²) in [5, 5.41) is 24.1. The molecule has 3 atom stereocenters. The van der Waals surface area contributed by atoms with Gasteiger partial charge in [-0.25, -0.2) is 0 Å². The lowest BCUT2D eigenvalue weighted by molar-refractivity contribution is -0.157. The number of nitrogen functional groups attached to an aromatic ring is 1. The van der Waals surface area contributed by atoms with Gasteiger partial charge in [-0.05, 0) is 35.9 Å². The molecule has 30 heavy (non-hydrogen) atoms. The number of rotatable bonds is 6. The van der Waals surface area contributed by atoms with E-state index >= 15 is 0 Å². The van der Waals surface area contributed by atoms with Gasteiger partial charge in [0.2, 0.25) is 0 Å². The van der Waals surface area contributed by atoms with Gasteiger partial charge in [-0.15, -0.1) is 12.4 Å². The van der Waals surface area contributed by atoms with Crippen molar-refractivity contribution in [3.63, 3.8) is 0 Å². The standard InChI is InChI=1S/C21H26N4O4.ClH/c1-13-2-3-14(10-17(13)26)11-21(12-24-8-9-29-21)18(27)20(28)25-16-6-4-15(5-7-16)19(22)23;/h2-7,10,13,18,24,27H,8-9,11-12H2,1H3,(H3,22,23)(H,25,28);1H/t13?,18-,21+;/m0./s1. The molecule has 0 saturated carbocycles. The molecule has 1 aliphatic carbocycles. The number of aliphatic hydroxyl groups is 1. The van der Waals surface area contributed by atoms with Gasteiger partial charge in [0.1, 0.15) is 11.4 Å². The van der Waals surface area contributed by atoms with Crippen LogP contribution in [-0.4, -0.2) is 54.0 Å². The highest BCUT2D eigenvalue weighted by molar-refractivity contribution is 5.98. The lowest BCUT2D eigenvalue weighted by atomic mass is 9.84. The van der Waals surface area contributed by atoms with Crippen LogP contribution in [0.1, 0.15) is 18.9 Å². The molecule has 162 valence electrons. The lowest BCUT2D eigenvalue weighted by Crippen LogP contribution is -2.60. The normalized spacial score (nSPS) is 24.4. The minimum atomic E-state index is -1.45. The fourth-order valence-corrected chi connectivity index (χ4v) is 3.43. The minimum absolute atomic E-state index is 0. The Morgan fingerprint density at radius 1 is 1.43 bits per heavy atom. The molecule has 0 bridgehead atoms. The van der Waals surface area contributed by atoms with Gasteiger partial charge < -0.3 is 26.2 Å². The number of morpholine rings is 1. The predicted molar refractivity (Wildman–Crippen MR) is 117 cm³/mol. The van der Waals surface area contributed by atoms with E-state index in [0.717, 1.165) is 5.57 Å². The minimum Gasteiger partial charge on any atom is -0.384 e. The van der Waals surface area contributed by atoms with Gasteiger partial charge >= 0.3 is 0 Å². The van der Waals surface area contributed by atoms with Crippen LogP contribution < -0.4 is 16.4 Å². The summed E-state index contributed by atoms with van der Waals surface area (Å²) in [4.78, 5) is 24.8. The molecule has 3 rings (SSSR count). The molecule has 0 radical (unpaired) electrons. The van der Waals surface area contributed by atoms with Gasteiger partial charge in [-0.2, -0.15) is 0 Å². The zero-order chi connectivity index (χ0) is 21.0. The highest BCUT2D eigenvalue weighted by Crippen LogP contribution is 2.30. The van der Waals surface area contributed by atoms with Crippen molar-refractivity contribution in [2.24, 2.45) is 11.7 Å². The second kappa shape index (κ2) is 9.99. The molecule has 1 heterocycles. The Labute approximate surface area is 181 Å². The van der Waals surface area contributed by atoms with Crippen molar-refractivity contribution in [3.05, 3.63) is 53.6 Å². The number of nitrogens with two attached hydrogens (primary N) is 1. The van der Waals surface area contributed by atoms with Crippen LogP contribution in [0.25, 0.3) is 0 Å². The molecule has 1 fully saturated rings. The quantitative estimate of drug-likeness (QED) is 0.336. The van der Waals surface area contributed by atoms with Gasteiger partial charge in [0.05, 0.1) is 6.61 Å². The Hall–Kier alpha value is -2.52. The molecule has 1 unspecified atom stereocenters. The second-order valence-corrected chi connectivity index (χ2v) is 7.42. The maximum Gasteiger partial charge on any atom is 0.256 e. The zero-order valence-electron chi connectivity index (χ0n) is 16.7. The molecule has 1 aromatic rings. The number of benzene rings is 1. The molecule has 8 nitrogen and oxygen atoms in total. The van der Waals surface area contributed by atoms with Crippen LogP contribution >= 0.6 is 12.4 Å². The molecule has 6 N–H and O–H groups in total. The van der Waals surface area contributed by atoms with Crippen LogP contribution in [0.2, 0.25) is 0 Å². The first-order valence-electron chi connectivity index (χ1n) is 9.51. The van der Waals surface area contributed by atoms with Gasteiger partial charge in [0.15, 0.2) is 11.9 Å². The predicted octanol–water partition coefficient (Wildman–Crippen LogP) is 1.14. The Bertz CT molecular complexity index is 860. The molecule has 0 spiro atoms. The van der Waals surface area contributed by atoms with E-state index in [1.165, 1.54) is 0 Å². The van der Waals surface area contributed by atoms with Gasteiger partial charge in [0.25, 0.3) is 5.91 Å². The molecule has 0 aromatic heterocycles. The van der Waals surface area contributed by atoms with E-state index in [9.17, 15) is 14.7 Å². The molecule has 9 heteroatoms. The van der Waals surface area contributed by atoms with Gasteiger partial charge in [-0.3, -0.25) is 15.0 Å². The van der Waals surface area contributed by atoms with Crippen molar-refractivity contribution >= 4 is 35.6 Å². The van der Waals surface area contributed by atoms with Crippen LogP contribution in [0.15, 0.2) is 48.1 Å². The number of amidine groups is 1. The van der Waals surface area contributed by atoms with Crippen molar-refractivity contribution in [2.75, 3.05) is 25.0 Å². The number of allylic oxidation sites excluding steroid dienone is 3. The highest BCUT2D eigenvalue weighted by Gasteiger charge is 2.45. The first-order chi connectivity index (χ1) is 13.8. The average Bonchev–Trinajstić information content (AvgIpc) is 2.71. The first kappa shape index (κ1) is 23.8. The zero-order valence-corrected chi connectivity index (χ0v) is 17.5. The van der Waals surface area contributed by atoms with Crippen LogP contribution in [-0.2, 0) is 14.3 Å². The highest BCUT2D eigenvalue weighted by atomic mass is 35.5. The smallest absolute Gasteiger partial charge is 0.256 e. The van der Waals surface area contributed by atoms with Crippen molar-refractivity contribution in [2.45, 2.75) is 25.0 Å². The van der Waals surface area contributed by atoms with Crippen molar-refractivity contribution < 1.29 is 19.4 Å². The molecule has 1 amide bonds. The summed E-state index contributed by atoms with van der Waals surface area (Å²) in [5.41, 5.74) is 5.98. The second-order valence-electron chi connectivity index (χ2n) is 7.42. The Balaban J connectivity index is 0.00000320. The molecule has 1 saturated heterocycles. The van der Waals surface area contributed by atoms with E-state index in [1.54, 1.807) is 30.3 Å². The third kappa shape index (κ3) is 5.34. The van der Waals surface area contributed by atoms with Crippen molar-refractivity contribution in [3.8, 4) is 0 Å². The molecule has 1 aromatic carbocycles. The van der Waals surface area contributed by atoms with E-state index in [2.05, 4.69) is 10.6 Å². The summed E-state index contributed by atoms with van der Waals surface area (Å²) in [6.45, 7) is 3.06. The number of carbonyl (C=O) groups is 2. The summed E-state index contributed by atoms with van der Waals surface area (Å²) >= 11 is 0. The Morgan fingerprint density at radius 2 is 2.13 bits per heavy atom. The fraction of sp³-hybridized carbons (Fsp3) is 0.381. The number of amides is 1. The number of ether oxygens (including phenoxy) is 1. The number of hydrogen-bond acceptors (Lipinski definition) is 6. The van der Waals surface area contributed by atoms with E-state index < -0.39 is 17.6 Å². The fourth-order valence-electron chi connectivity index (χ4n) is 3.43. The first-order valence-corrected chi connectivity index (χ1v) is 9.51. The summed E-state index contributed by atoms with van der Waals surface area (Å²) < 4.78 is 5.90. The number of anilines is 1. The van der Waals surface area contributed by atoms with E-state index in [-0.39, 0.29) is 42.9 Å². The molecule has 2 aliphatic rings.